The summed E-state index contributed by atoms with van der Waals surface area (Å²) in [4.78, 5) is 11.5. The van der Waals surface area contributed by atoms with Crippen LogP contribution in [0.15, 0.2) is 36.4 Å². The van der Waals surface area contributed by atoms with Crippen molar-refractivity contribution < 1.29 is 24.1 Å². The zero-order chi connectivity index (χ0) is 17.8. The number of carbonyl (C=O) groups is 1. The maximum absolute atomic E-state index is 11.5. The van der Waals surface area contributed by atoms with Gasteiger partial charge in [-0.1, -0.05) is 18.2 Å². The van der Waals surface area contributed by atoms with E-state index in [1.165, 1.54) is 7.11 Å². The first-order valence-electron chi connectivity index (χ1n) is 8.29. The van der Waals surface area contributed by atoms with Crippen molar-refractivity contribution in [2.75, 3.05) is 20.3 Å². The van der Waals surface area contributed by atoms with Gasteiger partial charge in [0.2, 0.25) is 0 Å². The van der Waals surface area contributed by atoms with Crippen LogP contribution in [-0.4, -0.2) is 37.5 Å². The standard InChI is InChI=1S/C20H22O5/c1-13-8-19(23-2)18(20(21)22)10-17(13)15-5-3-4-14(9-15)11-25-16-6-7-24-12-16/h3-5,8-10,16H,6-7,11-12H2,1-2H3,(H,21,22). The molecule has 1 aliphatic rings. The molecule has 3 rings (SSSR count). The predicted octanol–water partition coefficient (Wildman–Crippen LogP) is 3.67. The maximum Gasteiger partial charge on any atom is 0.339 e. The number of ether oxygens (including phenoxy) is 3. The molecular weight excluding hydrogens is 320 g/mol. The minimum Gasteiger partial charge on any atom is -0.496 e. The number of hydrogen-bond acceptors (Lipinski definition) is 4. The second-order valence-corrected chi connectivity index (χ2v) is 6.17. The Morgan fingerprint density at radius 1 is 1.32 bits per heavy atom. The van der Waals surface area contributed by atoms with Crippen molar-refractivity contribution in [1.82, 2.24) is 0 Å². The van der Waals surface area contributed by atoms with Crippen LogP contribution in [0.5, 0.6) is 5.75 Å². The molecule has 0 aromatic heterocycles. The Morgan fingerprint density at radius 3 is 2.84 bits per heavy atom. The second kappa shape index (κ2) is 7.68. The molecule has 1 atom stereocenters. The van der Waals surface area contributed by atoms with E-state index in [-0.39, 0.29) is 11.7 Å². The van der Waals surface area contributed by atoms with Crippen LogP contribution in [-0.2, 0) is 16.1 Å². The Kier molecular flexibility index (Phi) is 5.36. The molecular formula is C20H22O5. The van der Waals surface area contributed by atoms with Crippen molar-refractivity contribution in [3.8, 4) is 16.9 Å². The largest absolute Gasteiger partial charge is 0.496 e. The molecule has 5 nitrogen and oxygen atoms in total. The number of aromatic carboxylic acids is 1. The fourth-order valence-electron chi connectivity index (χ4n) is 3.02. The summed E-state index contributed by atoms with van der Waals surface area (Å²) in [6, 6.07) is 11.4. The van der Waals surface area contributed by atoms with Crippen molar-refractivity contribution >= 4 is 5.97 Å². The van der Waals surface area contributed by atoms with Gasteiger partial charge >= 0.3 is 5.97 Å². The molecule has 1 N–H and O–H groups in total. The Bertz CT molecular complexity index is 763. The van der Waals surface area contributed by atoms with Gasteiger partial charge in [0.15, 0.2) is 0 Å². The molecule has 5 heteroatoms. The first kappa shape index (κ1) is 17.5. The van der Waals surface area contributed by atoms with E-state index in [0.717, 1.165) is 35.3 Å². The highest BCUT2D eigenvalue weighted by Crippen LogP contribution is 2.31. The normalized spacial score (nSPS) is 16.8. The van der Waals surface area contributed by atoms with Crippen LogP contribution in [0.3, 0.4) is 0 Å². The van der Waals surface area contributed by atoms with Gasteiger partial charge in [0.05, 0.1) is 26.4 Å². The minimum absolute atomic E-state index is 0.157. The van der Waals surface area contributed by atoms with Gasteiger partial charge in [-0.15, -0.1) is 0 Å². The quantitative estimate of drug-likeness (QED) is 0.867. The lowest BCUT2D eigenvalue weighted by Gasteiger charge is -2.14. The predicted molar refractivity (Wildman–Crippen MR) is 94.1 cm³/mol. The van der Waals surface area contributed by atoms with Gasteiger partial charge in [0, 0.05) is 6.61 Å². The number of methoxy groups -OCH3 is 1. The molecule has 1 unspecified atom stereocenters. The molecule has 1 saturated heterocycles. The number of benzene rings is 2. The Labute approximate surface area is 147 Å². The topological polar surface area (TPSA) is 65.0 Å². The summed E-state index contributed by atoms with van der Waals surface area (Å²) in [7, 11) is 1.48. The molecule has 2 aromatic rings. The van der Waals surface area contributed by atoms with Gasteiger partial charge in [0.25, 0.3) is 0 Å². The molecule has 1 fully saturated rings. The van der Waals surface area contributed by atoms with Crippen LogP contribution < -0.4 is 4.74 Å². The molecule has 0 aliphatic carbocycles. The summed E-state index contributed by atoms with van der Waals surface area (Å²) in [5.74, 6) is -0.631. The van der Waals surface area contributed by atoms with Gasteiger partial charge in [-0.25, -0.2) is 4.79 Å². The third-order valence-corrected chi connectivity index (χ3v) is 4.39. The second-order valence-electron chi connectivity index (χ2n) is 6.17. The lowest BCUT2D eigenvalue weighted by Crippen LogP contribution is -2.11. The Hall–Kier alpha value is -2.37. The van der Waals surface area contributed by atoms with E-state index in [1.807, 2.05) is 31.2 Å². The molecule has 0 amide bonds. The van der Waals surface area contributed by atoms with Crippen LogP contribution in [0.1, 0.15) is 27.9 Å². The van der Waals surface area contributed by atoms with E-state index in [4.69, 9.17) is 14.2 Å². The molecule has 0 saturated carbocycles. The summed E-state index contributed by atoms with van der Waals surface area (Å²) < 4.78 is 16.4. The van der Waals surface area contributed by atoms with E-state index in [9.17, 15) is 9.90 Å². The van der Waals surface area contributed by atoms with E-state index < -0.39 is 5.97 Å². The molecule has 2 aromatic carbocycles. The van der Waals surface area contributed by atoms with Gasteiger partial charge in [-0.2, -0.15) is 0 Å². The number of hydrogen-bond donors (Lipinski definition) is 1. The zero-order valence-electron chi connectivity index (χ0n) is 14.5. The van der Waals surface area contributed by atoms with E-state index in [2.05, 4.69) is 0 Å². The number of aryl methyl sites for hydroxylation is 1. The number of rotatable bonds is 6. The monoisotopic (exact) mass is 342 g/mol. The van der Waals surface area contributed by atoms with Crippen molar-refractivity contribution in [3.05, 3.63) is 53.1 Å². The van der Waals surface area contributed by atoms with E-state index in [0.29, 0.717) is 19.0 Å². The van der Waals surface area contributed by atoms with Crippen molar-refractivity contribution in [2.24, 2.45) is 0 Å². The molecule has 1 heterocycles. The highest BCUT2D eigenvalue weighted by molar-refractivity contribution is 5.93. The van der Waals surface area contributed by atoms with Crippen molar-refractivity contribution in [1.29, 1.82) is 0 Å². The highest BCUT2D eigenvalue weighted by atomic mass is 16.5. The van der Waals surface area contributed by atoms with Crippen LogP contribution >= 0.6 is 0 Å². The van der Waals surface area contributed by atoms with Crippen LogP contribution in [0.2, 0.25) is 0 Å². The highest BCUT2D eigenvalue weighted by Gasteiger charge is 2.17. The van der Waals surface area contributed by atoms with Crippen LogP contribution in [0.4, 0.5) is 0 Å². The SMILES string of the molecule is COc1cc(C)c(-c2cccc(COC3CCOC3)c2)cc1C(=O)O. The molecule has 0 bridgehead atoms. The third-order valence-electron chi connectivity index (χ3n) is 4.39. The third kappa shape index (κ3) is 4.00. The van der Waals surface area contributed by atoms with Crippen LogP contribution in [0, 0.1) is 6.92 Å². The minimum atomic E-state index is -1.00. The molecule has 0 radical (unpaired) electrons. The zero-order valence-corrected chi connectivity index (χ0v) is 14.5. The Balaban J connectivity index is 1.87. The average Bonchev–Trinajstić information content (AvgIpc) is 3.13. The summed E-state index contributed by atoms with van der Waals surface area (Å²) in [6.07, 6.45) is 1.09. The Morgan fingerprint density at radius 2 is 2.16 bits per heavy atom. The van der Waals surface area contributed by atoms with Crippen molar-refractivity contribution in [3.63, 3.8) is 0 Å². The number of carboxylic acids is 1. The average molecular weight is 342 g/mol. The van der Waals surface area contributed by atoms with Crippen molar-refractivity contribution in [2.45, 2.75) is 26.1 Å². The smallest absolute Gasteiger partial charge is 0.339 e. The summed E-state index contributed by atoms with van der Waals surface area (Å²) in [5.41, 5.74) is 4.02. The summed E-state index contributed by atoms with van der Waals surface area (Å²) in [5, 5.41) is 9.41. The fourth-order valence-corrected chi connectivity index (χ4v) is 3.02. The molecule has 0 spiro atoms. The van der Waals surface area contributed by atoms with Gasteiger partial charge in [-0.3, -0.25) is 0 Å². The lowest BCUT2D eigenvalue weighted by molar-refractivity contribution is 0.0318. The molecule has 1 aliphatic heterocycles. The first-order valence-corrected chi connectivity index (χ1v) is 8.29. The van der Waals surface area contributed by atoms with Crippen LogP contribution in [0.25, 0.3) is 11.1 Å². The molecule has 132 valence electrons. The summed E-state index contributed by atoms with van der Waals surface area (Å²) >= 11 is 0. The van der Waals surface area contributed by atoms with Gasteiger partial charge in [-0.05, 0) is 53.8 Å². The lowest BCUT2D eigenvalue weighted by atomic mass is 9.96. The number of carboxylic acid groups (broad SMARTS) is 1. The van der Waals surface area contributed by atoms with Gasteiger partial charge < -0.3 is 19.3 Å². The van der Waals surface area contributed by atoms with Gasteiger partial charge in [0.1, 0.15) is 11.3 Å². The molecule has 25 heavy (non-hydrogen) atoms. The fraction of sp³-hybridized carbons (Fsp3) is 0.350. The van der Waals surface area contributed by atoms with E-state index in [1.54, 1.807) is 12.1 Å². The first-order chi connectivity index (χ1) is 12.1. The maximum atomic E-state index is 11.5. The summed E-state index contributed by atoms with van der Waals surface area (Å²) in [6.45, 7) is 3.87. The van der Waals surface area contributed by atoms with E-state index >= 15 is 0 Å².